The van der Waals surface area contributed by atoms with Crippen molar-refractivity contribution in [3.8, 4) is 0 Å². The zero-order valence-electron chi connectivity index (χ0n) is 28.0. The SMILES string of the molecule is CCCCN(CCCC)C(=O)[O-].CC[N+](CC)(CCO)Cc1ccccc1.CC[N+](CC)(CCO)Cc1ccccc1.[Br-]. The molecule has 2 N–H and O–H groups in total. The molecule has 0 aliphatic carbocycles. The van der Waals surface area contributed by atoms with Crippen LogP contribution < -0.4 is 22.1 Å². The Morgan fingerprint density at radius 3 is 1.21 bits per heavy atom. The molecule has 2 aromatic carbocycles. The highest BCUT2D eigenvalue weighted by molar-refractivity contribution is 5.62. The normalized spacial score (nSPS) is 10.9. The molecule has 7 nitrogen and oxygen atoms in total. The van der Waals surface area contributed by atoms with Gasteiger partial charge in [0.15, 0.2) is 0 Å². The molecule has 8 heteroatoms. The first-order chi connectivity index (χ1) is 20.2. The number of hydrogen-bond acceptors (Lipinski definition) is 4. The van der Waals surface area contributed by atoms with Crippen LogP contribution in [0.4, 0.5) is 4.79 Å². The zero-order valence-corrected chi connectivity index (χ0v) is 29.6. The van der Waals surface area contributed by atoms with Gasteiger partial charge in [0.05, 0.1) is 39.4 Å². The second-order valence-corrected chi connectivity index (χ2v) is 11.1. The number of hydrogen-bond donors (Lipinski definition) is 2. The van der Waals surface area contributed by atoms with Gasteiger partial charge in [0.25, 0.3) is 0 Å². The van der Waals surface area contributed by atoms with E-state index in [-0.39, 0.29) is 30.2 Å². The van der Waals surface area contributed by atoms with E-state index < -0.39 is 6.09 Å². The maximum Gasteiger partial charge on any atom is 0.136 e. The maximum atomic E-state index is 10.5. The van der Waals surface area contributed by atoms with E-state index in [2.05, 4.69) is 76.2 Å². The molecule has 1 amide bonds. The summed E-state index contributed by atoms with van der Waals surface area (Å²) in [6.45, 7) is 22.7. The average molecular weight is 669 g/mol. The molecule has 0 saturated carbocycles. The summed E-state index contributed by atoms with van der Waals surface area (Å²) in [4.78, 5) is 11.9. The average Bonchev–Trinajstić information content (AvgIpc) is 3.02. The number of nitrogens with zero attached hydrogens (tertiary/aromatic N) is 3. The third-order valence-corrected chi connectivity index (χ3v) is 8.37. The monoisotopic (exact) mass is 667 g/mol. The van der Waals surface area contributed by atoms with Gasteiger partial charge in [-0.1, -0.05) is 87.4 Å². The van der Waals surface area contributed by atoms with Gasteiger partial charge in [0.1, 0.15) is 32.3 Å². The molecule has 0 heterocycles. The fourth-order valence-corrected chi connectivity index (χ4v) is 5.04. The smallest absolute Gasteiger partial charge is 0.136 e. The quantitative estimate of drug-likeness (QED) is 0.239. The van der Waals surface area contributed by atoms with Gasteiger partial charge in [0, 0.05) is 24.2 Å². The predicted molar refractivity (Wildman–Crippen MR) is 174 cm³/mol. The lowest BCUT2D eigenvalue weighted by Crippen LogP contribution is -3.00. The zero-order chi connectivity index (χ0) is 31.7. The van der Waals surface area contributed by atoms with E-state index in [0.29, 0.717) is 13.1 Å². The van der Waals surface area contributed by atoms with Crippen LogP contribution in [-0.4, -0.2) is 95.7 Å². The number of unbranched alkanes of at least 4 members (excludes halogenated alkanes) is 2. The summed E-state index contributed by atoms with van der Waals surface area (Å²) in [5.74, 6) is 0. The lowest BCUT2D eigenvalue weighted by atomic mass is 10.2. The van der Waals surface area contributed by atoms with Crippen molar-refractivity contribution < 1.29 is 46.1 Å². The number of quaternary nitrogens is 2. The fraction of sp³-hybridized carbons (Fsp3) is 0.629. The highest BCUT2D eigenvalue weighted by Crippen LogP contribution is 2.14. The number of benzene rings is 2. The molecule has 0 fully saturated rings. The van der Waals surface area contributed by atoms with Crippen LogP contribution in [0.2, 0.25) is 0 Å². The molecule has 0 aliphatic heterocycles. The summed E-state index contributed by atoms with van der Waals surface area (Å²) < 4.78 is 1.95. The number of aliphatic hydroxyl groups is 2. The minimum absolute atomic E-state index is 0. The molecule has 0 spiro atoms. The van der Waals surface area contributed by atoms with E-state index in [0.717, 1.165) is 87.0 Å². The number of amides is 1. The molecule has 43 heavy (non-hydrogen) atoms. The van der Waals surface area contributed by atoms with Crippen LogP contribution in [0.25, 0.3) is 0 Å². The van der Waals surface area contributed by atoms with Gasteiger partial charge in [-0.25, -0.2) is 0 Å². The number of likely N-dealkylation sites (N-methyl/N-ethyl adjacent to an activating group) is 2. The Bertz CT molecular complexity index is 827. The third-order valence-electron chi connectivity index (χ3n) is 8.37. The minimum Gasteiger partial charge on any atom is -1.00 e. The van der Waals surface area contributed by atoms with Crippen molar-refractivity contribution in [2.24, 2.45) is 0 Å². The Morgan fingerprint density at radius 1 is 0.651 bits per heavy atom. The van der Waals surface area contributed by atoms with Crippen molar-refractivity contribution >= 4 is 6.09 Å². The summed E-state index contributed by atoms with van der Waals surface area (Å²) in [5.41, 5.74) is 2.71. The Balaban J connectivity index is 0. The van der Waals surface area contributed by atoms with Crippen LogP contribution >= 0.6 is 0 Å². The largest absolute Gasteiger partial charge is 1.00 e. The molecule has 0 bridgehead atoms. The Labute approximate surface area is 274 Å². The van der Waals surface area contributed by atoms with Crippen molar-refractivity contribution in [2.75, 3.05) is 65.6 Å². The molecule has 0 aliphatic rings. The van der Waals surface area contributed by atoms with Crippen molar-refractivity contribution in [1.82, 2.24) is 4.90 Å². The summed E-state index contributed by atoms with van der Waals surface area (Å²) in [6, 6.07) is 21.0. The van der Waals surface area contributed by atoms with E-state index >= 15 is 0 Å². The Morgan fingerprint density at radius 2 is 0.977 bits per heavy atom. The minimum atomic E-state index is -1.03. The van der Waals surface area contributed by atoms with Crippen LogP contribution in [0.1, 0.15) is 78.4 Å². The number of aliphatic hydroxyl groups excluding tert-OH is 2. The summed E-state index contributed by atoms with van der Waals surface area (Å²) in [5, 5.41) is 28.8. The molecule has 0 radical (unpaired) electrons. The summed E-state index contributed by atoms with van der Waals surface area (Å²) in [6.07, 6.45) is 2.87. The Kier molecular flexibility index (Phi) is 26.5. The molecule has 0 unspecified atom stereocenters. The van der Waals surface area contributed by atoms with E-state index in [1.807, 2.05) is 26.0 Å². The van der Waals surface area contributed by atoms with Gasteiger partial charge in [0.2, 0.25) is 0 Å². The maximum absolute atomic E-state index is 10.5. The van der Waals surface area contributed by atoms with Crippen LogP contribution in [0, 0.1) is 0 Å². The van der Waals surface area contributed by atoms with Gasteiger partial charge >= 0.3 is 0 Å². The van der Waals surface area contributed by atoms with Crippen LogP contribution in [0.5, 0.6) is 0 Å². The summed E-state index contributed by atoms with van der Waals surface area (Å²) in [7, 11) is 0. The molecule has 0 saturated heterocycles. The Hall–Kier alpha value is -1.97. The van der Waals surface area contributed by atoms with Crippen molar-refractivity contribution in [1.29, 1.82) is 0 Å². The van der Waals surface area contributed by atoms with Gasteiger partial charge in [-0.05, 0) is 40.5 Å². The van der Waals surface area contributed by atoms with Crippen molar-refractivity contribution in [3.63, 3.8) is 0 Å². The lowest BCUT2D eigenvalue weighted by molar-refractivity contribution is -0.938. The number of carboxylic acid groups (broad SMARTS) is 1. The molecule has 248 valence electrons. The predicted octanol–water partition coefficient (Wildman–Crippen LogP) is 2.31. The first-order valence-electron chi connectivity index (χ1n) is 16.2. The van der Waals surface area contributed by atoms with Gasteiger partial charge in [-0.2, -0.15) is 0 Å². The molecule has 0 aromatic heterocycles. The molecule has 2 rings (SSSR count). The number of rotatable bonds is 18. The van der Waals surface area contributed by atoms with Gasteiger partial charge < -0.3 is 51.0 Å². The first-order valence-corrected chi connectivity index (χ1v) is 16.2. The first kappa shape index (κ1) is 43.2. The number of halogens is 1. The van der Waals surface area contributed by atoms with Crippen LogP contribution in [-0.2, 0) is 13.1 Å². The lowest BCUT2D eigenvalue weighted by Gasteiger charge is -2.36. The van der Waals surface area contributed by atoms with Crippen molar-refractivity contribution in [3.05, 3.63) is 71.8 Å². The van der Waals surface area contributed by atoms with E-state index in [4.69, 9.17) is 10.2 Å². The molecular formula is C35H62BrN3O4. The van der Waals surface area contributed by atoms with Crippen LogP contribution in [0.15, 0.2) is 60.7 Å². The standard InChI is InChI=1S/2C13H22NO.C9H19NO2.BrH/c2*1-3-14(4-2,10-11-15)12-13-8-6-5-7-9-13;1-3-5-7-10(9(11)12)8-6-4-2;/h2*5-9,15H,3-4,10-12H2,1-2H3;3-8H2,1-2H3,(H,11,12);1H/q2*+1;;/p-2. The number of carbonyl (C=O) groups excluding carboxylic acids is 1. The molecule has 2 aromatic rings. The highest BCUT2D eigenvalue weighted by atomic mass is 79.9. The molecule has 0 atom stereocenters. The topological polar surface area (TPSA) is 83.8 Å². The van der Waals surface area contributed by atoms with Gasteiger partial charge in [-0.3, -0.25) is 0 Å². The van der Waals surface area contributed by atoms with Gasteiger partial charge in [-0.15, -0.1) is 0 Å². The second-order valence-electron chi connectivity index (χ2n) is 11.1. The fourth-order valence-electron chi connectivity index (χ4n) is 5.04. The van der Waals surface area contributed by atoms with E-state index in [1.165, 1.54) is 16.0 Å². The molecular weight excluding hydrogens is 606 g/mol. The highest BCUT2D eigenvalue weighted by Gasteiger charge is 2.23. The summed E-state index contributed by atoms with van der Waals surface area (Å²) >= 11 is 0. The third kappa shape index (κ3) is 18.4. The van der Waals surface area contributed by atoms with E-state index in [9.17, 15) is 9.90 Å². The van der Waals surface area contributed by atoms with Crippen molar-refractivity contribution in [2.45, 2.75) is 80.3 Å². The number of carbonyl (C=O) groups is 1. The van der Waals surface area contributed by atoms with E-state index in [1.54, 1.807) is 0 Å². The van der Waals surface area contributed by atoms with Crippen LogP contribution in [0.3, 0.4) is 0 Å². The second kappa shape index (κ2) is 26.4.